The fourth-order valence-corrected chi connectivity index (χ4v) is 5.52. The van der Waals surface area contributed by atoms with Crippen LogP contribution in [-0.2, 0) is 21.2 Å². The zero-order valence-corrected chi connectivity index (χ0v) is 19.0. The Morgan fingerprint density at radius 3 is 2.61 bits per heavy atom. The number of benzene rings is 1. The standard InChI is InChI=1S/C20H20BrN5O4S/c1-2-13-3-5-14(6-4-13)31(29,30)26-8-7-25(12-17(26)20(27)28)18-11-23-16-10-22-9-15(21)19(16)24-18/h3-6,9-11,17H,2,7-8,12H2,1H3,(H,27,28)/t17-/m1/s1. The van der Waals surface area contributed by atoms with Crippen molar-refractivity contribution in [1.29, 1.82) is 0 Å². The first-order valence-corrected chi connectivity index (χ1v) is 11.9. The number of halogens is 1. The van der Waals surface area contributed by atoms with Crippen molar-refractivity contribution in [3.8, 4) is 0 Å². The molecule has 1 atom stereocenters. The fraction of sp³-hybridized carbons (Fsp3) is 0.300. The lowest BCUT2D eigenvalue weighted by Gasteiger charge is -2.38. The number of fused-ring (bicyclic) bond motifs is 1. The maximum absolute atomic E-state index is 13.2. The number of aromatic nitrogens is 3. The van der Waals surface area contributed by atoms with Gasteiger partial charge in [-0.3, -0.25) is 9.78 Å². The molecule has 0 aliphatic carbocycles. The van der Waals surface area contributed by atoms with Crippen molar-refractivity contribution < 1.29 is 18.3 Å². The third kappa shape index (κ3) is 4.12. The van der Waals surface area contributed by atoms with Crippen LogP contribution in [-0.4, -0.2) is 64.4 Å². The maximum Gasteiger partial charge on any atom is 0.323 e. The lowest BCUT2D eigenvalue weighted by Crippen LogP contribution is -2.58. The lowest BCUT2D eigenvalue weighted by atomic mass is 10.2. The van der Waals surface area contributed by atoms with E-state index in [-0.39, 0.29) is 18.0 Å². The van der Waals surface area contributed by atoms with E-state index in [9.17, 15) is 18.3 Å². The van der Waals surface area contributed by atoms with Crippen LogP contribution in [0, 0.1) is 0 Å². The van der Waals surface area contributed by atoms with Gasteiger partial charge in [0.05, 0.1) is 21.8 Å². The van der Waals surface area contributed by atoms with Gasteiger partial charge < -0.3 is 10.0 Å². The molecule has 1 fully saturated rings. The van der Waals surface area contributed by atoms with Crippen LogP contribution < -0.4 is 4.90 Å². The Morgan fingerprint density at radius 2 is 1.94 bits per heavy atom. The van der Waals surface area contributed by atoms with E-state index in [1.54, 1.807) is 35.6 Å². The van der Waals surface area contributed by atoms with Crippen molar-refractivity contribution in [2.75, 3.05) is 24.5 Å². The quantitative estimate of drug-likeness (QED) is 0.561. The van der Waals surface area contributed by atoms with Crippen molar-refractivity contribution in [2.45, 2.75) is 24.3 Å². The van der Waals surface area contributed by atoms with E-state index in [0.29, 0.717) is 27.9 Å². The topological polar surface area (TPSA) is 117 Å². The summed E-state index contributed by atoms with van der Waals surface area (Å²) < 4.78 is 28.1. The molecule has 11 heteroatoms. The minimum absolute atomic E-state index is 0.0199. The second kappa shape index (κ2) is 8.48. The number of nitrogens with zero attached hydrogens (tertiary/aromatic N) is 5. The molecule has 1 N–H and O–H groups in total. The molecule has 0 spiro atoms. The summed E-state index contributed by atoms with van der Waals surface area (Å²) in [7, 11) is -3.95. The van der Waals surface area contributed by atoms with E-state index in [1.807, 2.05) is 6.92 Å². The highest BCUT2D eigenvalue weighted by atomic mass is 79.9. The Balaban J connectivity index is 1.63. The molecule has 3 heterocycles. The molecule has 9 nitrogen and oxygen atoms in total. The highest BCUT2D eigenvalue weighted by molar-refractivity contribution is 9.10. The summed E-state index contributed by atoms with van der Waals surface area (Å²) in [6.07, 6.45) is 5.53. The molecular weight excluding hydrogens is 486 g/mol. The molecule has 4 rings (SSSR count). The van der Waals surface area contributed by atoms with Gasteiger partial charge >= 0.3 is 5.97 Å². The van der Waals surface area contributed by atoms with E-state index < -0.39 is 22.0 Å². The molecule has 2 aromatic heterocycles. The van der Waals surface area contributed by atoms with Crippen LogP contribution in [0.1, 0.15) is 12.5 Å². The SMILES string of the molecule is CCc1ccc(S(=O)(=O)N2CCN(c3cnc4cncc(Br)c4n3)C[C@@H]2C(=O)O)cc1. The number of anilines is 1. The van der Waals surface area contributed by atoms with E-state index >= 15 is 0 Å². The molecule has 1 aliphatic rings. The number of carbonyl (C=O) groups is 1. The molecule has 0 bridgehead atoms. The van der Waals surface area contributed by atoms with Crippen LogP contribution in [0.4, 0.5) is 5.82 Å². The predicted octanol–water partition coefficient (Wildman–Crippen LogP) is 2.31. The lowest BCUT2D eigenvalue weighted by molar-refractivity contribution is -0.141. The summed E-state index contributed by atoms with van der Waals surface area (Å²) in [5.74, 6) is -0.729. The van der Waals surface area contributed by atoms with Crippen LogP contribution in [0.3, 0.4) is 0 Å². The van der Waals surface area contributed by atoms with Crippen LogP contribution in [0.5, 0.6) is 0 Å². The molecule has 0 unspecified atom stereocenters. The van der Waals surface area contributed by atoms with E-state index in [1.165, 1.54) is 12.1 Å². The van der Waals surface area contributed by atoms with Gasteiger partial charge in [-0.15, -0.1) is 0 Å². The number of rotatable bonds is 5. The van der Waals surface area contributed by atoms with Crippen LogP contribution in [0.2, 0.25) is 0 Å². The first kappa shape index (κ1) is 21.6. The van der Waals surface area contributed by atoms with Gasteiger partial charge in [0.1, 0.15) is 22.9 Å². The van der Waals surface area contributed by atoms with Gasteiger partial charge in [0.25, 0.3) is 0 Å². The van der Waals surface area contributed by atoms with Gasteiger partial charge in [0, 0.05) is 25.8 Å². The third-order valence-electron chi connectivity index (χ3n) is 5.28. The summed E-state index contributed by atoms with van der Waals surface area (Å²) in [6.45, 7) is 2.25. The average Bonchev–Trinajstić information content (AvgIpc) is 2.78. The first-order valence-electron chi connectivity index (χ1n) is 9.66. The summed E-state index contributed by atoms with van der Waals surface area (Å²) in [5.41, 5.74) is 2.21. The Morgan fingerprint density at radius 1 is 1.19 bits per heavy atom. The van der Waals surface area contributed by atoms with Crippen molar-refractivity contribution in [3.63, 3.8) is 0 Å². The normalized spacial score (nSPS) is 17.7. The molecule has 1 saturated heterocycles. The van der Waals surface area contributed by atoms with Crippen molar-refractivity contribution in [3.05, 3.63) is 52.9 Å². The fourth-order valence-electron chi connectivity index (χ4n) is 3.54. The Bertz CT molecular complexity index is 1240. The number of pyridine rings is 1. The van der Waals surface area contributed by atoms with Gasteiger partial charge in [-0.1, -0.05) is 19.1 Å². The molecule has 162 valence electrons. The number of carboxylic acids is 1. The molecule has 0 amide bonds. The van der Waals surface area contributed by atoms with Crippen molar-refractivity contribution >= 4 is 48.8 Å². The molecule has 31 heavy (non-hydrogen) atoms. The zero-order chi connectivity index (χ0) is 22.2. The zero-order valence-electron chi connectivity index (χ0n) is 16.6. The molecule has 0 saturated carbocycles. The smallest absolute Gasteiger partial charge is 0.323 e. The number of aryl methyl sites for hydroxylation is 1. The number of sulfonamides is 1. The number of hydrogen-bond donors (Lipinski definition) is 1. The van der Waals surface area contributed by atoms with Crippen LogP contribution in [0.25, 0.3) is 11.0 Å². The van der Waals surface area contributed by atoms with E-state index in [0.717, 1.165) is 16.3 Å². The predicted molar refractivity (Wildman–Crippen MR) is 118 cm³/mol. The van der Waals surface area contributed by atoms with Crippen LogP contribution >= 0.6 is 15.9 Å². The molecular formula is C20H20BrN5O4S. The molecule has 1 aliphatic heterocycles. The number of carboxylic acid groups (broad SMARTS) is 1. The number of aliphatic carboxylic acids is 1. The van der Waals surface area contributed by atoms with Gasteiger partial charge in [0.15, 0.2) is 0 Å². The molecule has 3 aromatic rings. The van der Waals surface area contributed by atoms with E-state index in [4.69, 9.17) is 0 Å². The molecule has 1 aromatic carbocycles. The Hall–Kier alpha value is -2.63. The van der Waals surface area contributed by atoms with Crippen molar-refractivity contribution in [2.24, 2.45) is 0 Å². The number of piperazine rings is 1. The van der Waals surface area contributed by atoms with E-state index in [2.05, 4.69) is 30.9 Å². The van der Waals surface area contributed by atoms with Gasteiger partial charge in [0.2, 0.25) is 10.0 Å². The minimum Gasteiger partial charge on any atom is -0.480 e. The Labute approximate surface area is 187 Å². The monoisotopic (exact) mass is 505 g/mol. The second-order valence-electron chi connectivity index (χ2n) is 7.13. The van der Waals surface area contributed by atoms with Crippen molar-refractivity contribution in [1.82, 2.24) is 19.3 Å². The summed E-state index contributed by atoms with van der Waals surface area (Å²) >= 11 is 3.40. The highest BCUT2D eigenvalue weighted by Gasteiger charge is 2.40. The van der Waals surface area contributed by atoms with Gasteiger partial charge in [-0.05, 0) is 40.0 Å². The maximum atomic E-state index is 13.2. The van der Waals surface area contributed by atoms with Crippen LogP contribution in [0.15, 0.2) is 52.2 Å². The number of hydrogen-bond acceptors (Lipinski definition) is 7. The van der Waals surface area contributed by atoms with Gasteiger partial charge in [-0.2, -0.15) is 4.31 Å². The average molecular weight is 506 g/mol. The highest BCUT2D eigenvalue weighted by Crippen LogP contribution is 2.26. The molecule has 0 radical (unpaired) electrons. The summed E-state index contributed by atoms with van der Waals surface area (Å²) in [6, 6.07) is 5.30. The largest absolute Gasteiger partial charge is 0.480 e. The minimum atomic E-state index is -3.95. The summed E-state index contributed by atoms with van der Waals surface area (Å²) in [5, 5.41) is 9.80. The van der Waals surface area contributed by atoms with Gasteiger partial charge in [-0.25, -0.2) is 18.4 Å². The second-order valence-corrected chi connectivity index (χ2v) is 9.88. The third-order valence-corrected chi connectivity index (χ3v) is 7.78. The Kier molecular flexibility index (Phi) is 5.91. The summed E-state index contributed by atoms with van der Waals surface area (Å²) in [4.78, 5) is 26.8. The first-order chi connectivity index (χ1) is 14.8.